The van der Waals surface area contributed by atoms with Gasteiger partial charge < -0.3 is 10.2 Å². The third-order valence-corrected chi connectivity index (χ3v) is 7.85. The summed E-state index contributed by atoms with van der Waals surface area (Å²) in [5.41, 5.74) is 1.78. The Labute approximate surface area is 195 Å². The van der Waals surface area contributed by atoms with Gasteiger partial charge in [-0.25, -0.2) is 9.97 Å². The standard InChI is InChI=1S/C25H32ClN5O/c1-25(9-10-25)23(32)30-21-6-5-20(27-16-21)4-2-3-18-13-22(18)17-7-11-31(12-8-17)24-28-14-19(26)15-29-24/h5-6,14-18,22H,2-4,7-13H2,1H3,(H,30,32)/t18-,22-/m1/s1. The van der Waals surface area contributed by atoms with E-state index in [2.05, 4.69) is 31.2 Å². The van der Waals surface area contributed by atoms with Gasteiger partial charge in [0, 0.05) is 24.2 Å². The minimum atomic E-state index is -0.153. The van der Waals surface area contributed by atoms with Gasteiger partial charge in [-0.2, -0.15) is 0 Å². The molecule has 6 nitrogen and oxygen atoms in total. The third kappa shape index (κ3) is 5.06. The zero-order valence-corrected chi connectivity index (χ0v) is 19.5. The molecule has 3 aliphatic rings. The number of hydrogen-bond donors (Lipinski definition) is 1. The fourth-order valence-electron chi connectivity index (χ4n) is 5.06. The maximum Gasteiger partial charge on any atom is 0.230 e. The Morgan fingerprint density at radius 1 is 1.16 bits per heavy atom. The van der Waals surface area contributed by atoms with Crippen molar-refractivity contribution in [1.29, 1.82) is 0 Å². The van der Waals surface area contributed by atoms with Gasteiger partial charge in [0.05, 0.1) is 29.3 Å². The fourth-order valence-corrected chi connectivity index (χ4v) is 5.16. The van der Waals surface area contributed by atoms with E-state index in [0.29, 0.717) is 5.02 Å². The number of piperidine rings is 1. The van der Waals surface area contributed by atoms with E-state index in [1.165, 1.54) is 32.1 Å². The number of nitrogens with zero attached hydrogens (tertiary/aromatic N) is 4. The summed E-state index contributed by atoms with van der Waals surface area (Å²) in [4.78, 5) is 27.7. The van der Waals surface area contributed by atoms with E-state index in [0.717, 1.165) is 67.4 Å². The molecule has 32 heavy (non-hydrogen) atoms. The zero-order chi connectivity index (χ0) is 22.1. The molecule has 0 radical (unpaired) electrons. The summed E-state index contributed by atoms with van der Waals surface area (Å²) >= 11 is 5.90. The van der Waals surface area contributed by atoms with Gasteiger partial charge in [0.2, 0.25) is 11.9 Å². The van der Waals surface area contributed by atoms with Crippen molar-refractivity contribution in [1.82, 2.24) is 15.0 Å². The number of carbonyl (C=O) groups is 1. The molecule has 3 fully saturated rings. The topological polar surface area (TPSA) is 71.0 Å². The molecule has 1 N–H and O–H groups in total. The molecular weight excluding hydrogens is 422 g/mol. The Bertz CT molecular complexity index is 936. The van der Waals surface area contributed by atoms with Gasteiger partial charge in [-0.3, -0.25) is 9.78 Å². The normalized spacial score (nSPS) is 24.2. The minimum absolute atomic E-state index is 0.123. The van der Waals surface area contributed by atoms with Gasteiger partial charge in [0.15, 0.2) is 0 Å². The van der Waals surface area contributed by atoms with E-state index in [4.69, 9.17) is 11.6 Å². The number of hydrogen-bond acceptors (Lipinski definition) is 5. The van der Waals surface area contributed by atoms with Gasteiger partial charge in [0.1, 0.15) is 0 Å². The molecule has 0 aromatic carbocycles. The van der Waals surface area contributed by atoms with Crippen LogP contribution in [-0.2, 0) is 11.2 Å². The first-order valence-corrected chi connectivity index (χ1v) is 12.4. The van der Waals surface area contributed by atoms with E-state index in [9.17, 15) is 4.79 Å². The molecule has 1 aliphatic heterocycles. The van der Waals surface area contributed by atoms with Crippen LogP contribution in [0.3, 0.4) is 0 Å². The second-order valence-electron chi connectivity index (χ2n) is 10.1. The Balaban J connectivity index is 1.00. The van der Waals surface area contributed by atoms with Crippen LogP contribution in [0.25, 0.3) is 0 Å². The average molecular weight is 454 g/mol. The van der Waals surface area contributed by atoms with Crippen molar-refractivity contribution in [2.24, 2.45) is 23.2 Å². The first-order chi connectivity index (χ1) is 15.5. The van der Waals surface area contributed by atoms with E-state index in [1.54, 1.807) is 18.6 Å². The molecular formula is C25H32ClN5O. The van der Waals surface area contributed by atoms with Crippen molar-refractivity contribution in [3.63, 3.8) is 0 Å². The summed E-state index contributed by atoms with van der Waals surface area (Å²) in [7, 11) is 0. The highest BCUT2D eigenvalue weighted by atomic mass is 35.5. The van der Waals surface area contributed by atoms with Crippen molar-refractivity contribution in [2.45, 2.75) is 58.3 Å². The summed E-state index contributed by atoms with van der Waals surface area (Å²) in [6, 6.07) is 4.05. The lowest BCUT2D eigenvalue weighted by molar-refractivity contribution is -0.120. The van der Waals surface area contributed by atoms with Crippen LogP contribution in [0.5, 0.6) is 0 Å². The van der Waals surface area contributed by atoms with Crippen LogP contribution in [0.15, 0.2) is 30.7 Å². The summed E-state index contributed by atoms with van der Waals surface area (Å²) in [5, 5.41) is 3.58. The van der Waals surface area contributed by atoms with E-state index in [1.807, 2.05) is 13.0 Å². The SMILES string of the molecule is CC1(C(=O)Nc2ccc(CCC[C@@H]3C[C@@H]3C3CCN(c4ncc(Cl)cn4)CC3)nc2)CC1. The molecule has 1 amide bonds. The maximum atomic E-state index is 12.1. The second-order valence-corrected chi connectivity index (χ2v) is 10.6. The summed E-state index contributed by atoms with van der Waals surface area (Å²) in [6.07, 6.45) is 14.5. The second kappa shape index (κ2) is 8.97. The van der Waals surface area contributed by atoms with Gasteiger partial charge in [-0.05, 0) is 81.3 Å². The monoisotopic (exact) mass is 453 g/mol. The van der Waals surface area contributed by atoms with Crippen LogP contribution >= 0.6 is 11.6 Å². The third-order valence-electron chi connectivity index (χ3n) is 7.65. The smallest absolute Gasteiger partial charge is 0.230 e. The molecule has 170 valence electrons. The molecule has 0 bridgehead atoms. The van der Waals surface area contributed by atoms with Crippen molar-refractivity contribution in [3.05, 3.63) is 41.4 Å². The van der Waals surface area contributed by atoms with E-state index < -0.39 is 0 Å². The Hall–Kier alpha value is -2.21. The highest BCUT2D eigenvalue weighted by Gasteiger charge is 2.45. The van der Waals surface area contributed by atoms with Crippen molar-refractivity contribution in [3.8, 4) is 0 Å². The minimum Gasteiger partial charge on any atom is -0.341 e. The molecule has 0 unspecified atom stereocenters. The Kier molecular flexibility index (Phi) is 6.06. The van der Waals surface area contributed by atoms with Crippen molar-refractivity contribution >= 4 is 29.1 Å². The van der Waals surface area contributed by atoms with Crippen LogP contribution in [-0.4, -0.2) is 33.9 Å². The van der Waals surface area contributed by atoms with Gasteiger partial charge in [-0.1, -0.05) is 18.5 Å². The lowest BCUT2D eigenvalue weighted by Gasteiger charge is -2.32. The zero-order valence-electron chi connectivity index (χ0n) is 18.8. The molecule has 7 heteroatoms. The number of amides is 1. The van der Waals surface area contributed by atoms with E-state index >= 15 is 0 Å². The van der Waals surface area contributed by atoms with Gasteiger partial charge >= 0.3 is 0 Å². The summed E-state index contributed by atoms with van der Waals surface area (Å²) < 4.78 is 0. The molecule has 0 spiro atoms. The van der Waals surface area contributed by atoms with Crippen LogP contribution in [0.4, 0.5) is 11.6 Å². The quantitative estimate of drug-likeness (QED) is 0.599. The Morgan fingerprint density at radius 2 is 1.91 bits per heavy atom. The molecule has 2 aromatic heterocycles. The number of carbonyl (C=O) groups excluding carboxylic acids is 1. The maximum absolute atomic E-state index is 12.1. The molecule has 1 saturated heterocycles. The van der Waals surface area contributed by atoms with Crippen LogP contribution in [0.2, 0.25) is 5.02 Å². The lowest BCUT2D eigenvalue weighted by atomic mass is 9.90. The number of nitrogens with one attached hydrogen (secondary N) is 1. The Morgan fingerprint density at radius 3 is 2.56 bits per heavy atom. The van der Waals surface area contributed by atoms with Crippen LogP contribution in [0, 0.1) is 23.2 Å². The molecule has 3 heterocycles. The predicted octanol–water partition coefficient (Wildman–Crippen LogP) is 5.14. The number of rotatable bonds is 8. The lowest BCUT2D eigenvalue weighted by Crippen LogP contribution is -2.35. The molecule has 2 aliphatic carbocycles. The van der Waals surface area contributed by atoms with Gasteiger partial charge in [-0.15, -0.1) is 0 Å². The molecule has 2 saturated carbocycles. The highest BCUT2D eigenvalue weighted by molar-refractivity contribution is 6.30. The first kappa shape index (κ1) is 21.6. The fraction of sp³-hybridized carbons (Fsp3) is 0.600. The summed E-state index contributed by atoms with van der Waals surface area (Å²) in [6.45, 7) is 4.11. The average Bonchev–Trinajstić information content (AvgIpc) is 3.73. The van der Waals surface area contributed by atoms with Crippen LogP contribution in [0.1, 0.15) is 57.6 Å². The predicted molar refractivity (Wildman–Crippen MR) is 127 cm³/mol. The summed E-state index contributed by atoms with van der Waals surface area (Å²) in [5.74, 6) is 3.56. The number of aryl methyl sites for hydroxylation is 1. The van der Waals surface area contributed by atoms with E-state index in [-0.39, 0.29) is 11.3 Å². The number of aromatic nitrogens is 3. The van der Waals surface area contributed by atoms with Crippen LogP contribution < -0.4 is 10.2 Å². The van der Waals surface area contributed by atoms with Gasteiger partial charge in [0.25, 0.3) is 0 Å². The number of pyridine rings is 1. The highest BCUT2D eigenvalue weighted by Crippen LogP contribution is 2.50. The number of anilines is 2. The number of halogens is 1. The van der Waals surface area contributed by atoms with Crippen molar-refractivity contribution < 1.29 is 4.79 Å². The van der Waals surface area contributed by atoms with Crippen molar-refractivity contribution in [2.75, 3.05) is 23.3 Å². The molecule has 5 rings (SSSR count). The molecule has 2 aromatic rings. The largest absolute Gasteiger partial charge is 0.341 e. The first-order valence-electron chi connectivity index (χ1n) is 12.0. The molecule has 2 atom stereocenters.